The highest BCUT2D eigenvalue weighted by molar-refractivity contribution is 7.29. The van der Waals surface area contributed by atoms with Gasteiger partial charge in [0, 0.05) is 6.20 Å². The number of aromatic nitrogens is 1. The summed E-state index contributed by atoms with van der Waals surface area (Å²) in [6.45, 7) is 0. The van der Waals surface area contributed by atoms with Crippen LogP contribution >= 0.6 is 0 Å². The van der Waals surface area contributed by atoms with Gasteiger partial charge in [-0.3, -0.25) is 0 Å². The lowest BCUT2D eigenvalue weighted by atomic mass is 10.3. The van der Waals surface area contributed by atoms with Crippen LogP contribution in [0.25, 0.3) is 0 Å². The molecule has 1 aromatic heterocycles. The average molecular weight is 611 g/mol. The van der Waals surface area contributed by atoms with Crippen molar-refractivity contribution in [1.29, 1.82) is 0 Å². The highest BCUT2D eigenvalue weighted by Gasteiger charge is 2.58. The zero-order valence-electron chi connectivity index (χ0n) is 25.0. The van der Waals surface area contributed by atoms with Crippen LogP contribution in [0.15, 0.2) is 206 Å². The number of anilines is 1. The summed E-state index contributed by atoms with van der Waals surface area (Å²) in [4.78, 5) is 5.26. The molecule has 0 spiro atoms. The molecule has 0 N–H and O–H groups in total. The van der Waals surface area contributed by atoms with Crippen LogP contribution < -0.4 is 35.4 Å². The van der Waals surface area contributed by atoms with Gasteiger partial charge in [-0.25, -0.2) is 4.98 Å². The third-order valence-electron chi connectivity index (χ3n) is 8.70. The van der Waals surface area contributed by atoms with E-state index in [1.807, 2.05) is 12.3 Å². The van der Waals surface area contributed by atoms with Crippen LogP contribution in [0.2, 0.25) is 0 Å². The largest absolute Gasteiger partial charge is 0.388 e. The van der Waals surface area contributed by atoms with Crippen LogP contribution in [0, 0.1) is 0 Å². The maximum atomic E-state index is 5.26. The molecule has 7 aromatic rings. The molecule has 0 saturated heterocycles. The van der Waals surface area contributed by atoms with E-state index in [0.717, 1.165) is 5.82 Å². The number of pyridine rings is 1. The van der Waals surface area contributed by atoms with Gasteiger partial charge in [0.2, 0.25) is 16.5 Å². The molecule has 0 fully saturated rings. The van der Waals surface area contributed by atoms with Gasteiger partial charge in [0.15, 0.2) is 0 Å². The fourth-order valence-corrected chi connectivity index (χ4v) is 19.8. The third-order valence-corrected chi connectivity index (χ3v) is 19.5. The van der Waals surface area contributed by atoms with E-state index >= 15 is 0 Å². The van der Waals surface area contributed by atoms with Crippen molar-refractivity contribution in [1.82, 2.24) is 4.98 Å². The maximum Gasteiger partial charge on any atom is 0.246 e. The molecule has 0 unspecified atom stereocenters. The Kier molecular flexibility index (Phi) is 8.06. The molecule has 7 rings (SSSR count). The molecule has 2 nitrogen and oxygen atoms in total. The highest BCUT2D eigenvalue weighted by atomic mass is 28.4. The lowest BCUT2D eigenvalue weighted by molar-refractivity contribution is 1.26. The zero-order chi connectivity index (χ0) is 30.4. The molecule has 0 atom stereocenters. The van der Waals surface area contributed by atoms with Gasteiger partial charge in [0.05, 0.1) is 0 Å². The summed E-state index contributed by atoms with van der Waals surface area (Å²) in [5.41, 5.74) is 0. The van der Waals surface area contributed by atoms with E-state index in [1.165, 1.54) is 31.1 Å². The first-order valence-corrected chi connectivity index (χ1v) is 19.3. The van der Waals surface area contributed by atoms with Crippen molar-refractivity contribution in [2.24, 2.45) is 0 Å². The first-order valence-electron chi connectivity index (χ1n) is 15.4. The Morgan fingerprint density at radius 2 is 0.533 bits per heavy atom. The van der Waals surface area contributed by atoms with E-state index in [2.05, 4.69) is 198 Å². The third kappa shape index (κ3) is 4.94. The van der Waals surface area contributed by atoms with Crippen molar-refractivity contribution in [3.63, 3.8) is 0 Å². The predicted molar refractivity (Wildman–Crippen MR) is 195 cm³/mol. The summed E-state index contributed by atoms with van der Waals surface area (Å²) in [5, 5.41) is 7.88. The minimum absolute atomic E-state index is 0.976. The Balaban J connectivity index is 1.77. The van der Waals surface area contributed by atoms with E-state index in [9.17, 15) is 0 Å². The molecule has 4 heteroatoms. The van der Waals surface area contributed by atoms with Crippen LogP contribution in [-0.4, -0.2) is 21.5 Å². The fourth-order valence-electron chi connectivity index (χ4n) is 6.93. The molecular formula is C41H34N2Si2. The van der Waals surface area contributed by atoms with Crippen LogP contribution in [-0.2, 0) is 0 Å². The minimum atomic E-state index is -3.15. The van der Waals surface area contributed by atoms with Crippen molar-refractivity contribution in [3.05, 3.63) is 206 Å². The standard InChI is InChI=1S/C41H34N2Si2/c1-7-21-35(22-8-1)44(36-23-9-2-10-24-36,37-25-11-3-12-26-37)43(41-33-19-20-34-42-41)45(38-27-13-4-14-28-38,39-29-15-5-16-30-39)40-31-17-6-18-32-40/h1-34H. The first-order chi connectivity index (χ1) is 22.4. The smallest absolute Gasteiger partial charge is 0.246 e. The Hall–Kier alpha value is -5.30. The van der Waals surface area contributed by atoms with Crippen molar-refractivity contribution in [2.75, 3.05) is 4.23 Å². The molecule has 45 heavy (non-hydrogen) atoms. The van der Waals surface area contributed by atoms with Crippen LogP contribution in [0.5, 0.6) is 0 Å². The highest BCUT2D eigenvalue weighted by Crippen LogP contribution is 2.28. The van der Waals surface area contributed by atoms with Gasteiger partial charge in [0.25, 0.3) is 0 Å². The van der Waals surface area contributed by atoms with Crippen molar-refractivity contribution in [2.45, 2.75) is 0 Å². The van der Waals surface area contributed by atoms with Crippen LogP contribution in [0.3, 0.4) is 0 Å². The van der Waals surface area contributed by atoms with Gasteiger partial charge in [-0.1, -0.05) is 188 Å². The molecule has 0 radical (unpaired) electrons. The van der Waals surface area contributed by atoms with E-state index in [1.54, 1.807) is 0 Å². The molecule has 0 aliphatic carbocycles. The second-order valence-corrected chi connectivity index (χ2v) is 18.8. The topological polar surface area (TPSA) is 16.1 Å². The summed E-state index contributed by atoms with van der Waals surface area (Å²) in [5.74, 6) is 0.976. The van der Waals surface area contributed by atoms with E-state index in [-0.39, 0.29) is 0 Å². The summed E-state index contributed by atoms with van der Waals surface area (Å²) in [6, 6.07) is 73.4. The van der Waals surface area contributed by atoms with Crippen molar-refractivity contribution < 1.29 is 0 Å². The SMILES string of the molecule is c1ccc([Si](c2ccccc2)(c2ccccc2)N(c2ccccn2)[Si](c2ccccc2)(c2ccccc2)c2ccccc2)cc1. The normalized spacial score (nSPS) is 11.6. The van der Waals surface area contributed by atoms with Crippen LogP contribution in [0.1, 0.15) is 0 Å². The van der Waals surface area contributed by atoms with E-state index in [4.69, 9.17) is 4.98 Å². The predicted octanol–water partition coefficient (Wildman–Crippen LogP) is 5.22. The van der Waals surface area contributed by atoms with Crippen molar-refractivity contribution >= 4 is 53.4 Å². The van der Waals surface area contributed by atoms with Gasteiger partial charge >= 0.3 is 0 Å². The lowest BCUT2D eigenvalue weighted by Gasteiger charge is -2.54. The van der Waals surface area contributed by atoms with E-state index < -0.39 is 16.5 Å². The summed E-state index contributed by atoms with van der Waals surface area (Å²) < 4.78 is 2.85. The van der Waals surface area contributed by atoms with Gasteiger partial charge in [-0.2, -0.15) is 0 Å². The zero-order valence-corrected chi connectivity index (χ0v) is 27.0. The Morgan fingerprint density at radius 3 is 0.756 bits per heavy atom. The molecule has 0 saturated carbocycles. The molecule has 216 valence electrons. The minimum Gasteiger partial charge on any atom is -0.388 e. The molecule has 0 aliphatic heterocycles. The number of hydrogen-bond donors (Lipinski definition) is 0. The van der Waals surface area contributed by atoms with Crippen LogP contribution in [0.4, 0.5) is 5.82 Å². The summed E-state index contributed by atoms with van der Waals surface area (Å²) >= 11 is 0. The molecular weight excluding hydrogens is 577 g/mol. The maximum absolute atomic E-state index is 5.26. The van der Waals surface area contributed by atoms with Crippen molar-refractivity contribution in [3.8, 4) is 0 Å². The summed E-state index contributed by atoms with van der Waals surface area (Å²) in [6.07, 6.45) is 1.95. The molecule has 0 bridgehead atoms. The Morgan fingerprint density at radius 1 is 0.289 bits per heavy atom. The fraction of sp³-hybridized carbons (Fsp3) is 0. The number of benzene rings is 6. The van der Waals surface area contributed by atoms with Gasteiger partial charge in [-0.15, -0.1) is 0 Å². The first kappa shape index (κ1) is 28.5. The number of hydrogen-bond acceptors (Lipinski definition) is 2. The lowest BCUT2D eigenvalue weighted by Crippen LogP contribution is -2.91. The molecule has 1 heterocycles. The van der Waals surface area contributed by atoms with E-state index in [0.29, 0.717) is 0 Å². The monoisotopic (exact) mass is 610 g/mol. The number of rotatable bonds is 9. The Labute approximate surface area is 268 Å². The number of nitrogens with zero attached hydrogens (tertiary/aromatic N) is 2. The molecule has 0 amide bonds. The van der Waals surface area contributed by atoms with Gasteiger partial charge < -0.3 is 4.23 Å². The molecule has 6 aromatic carbocycles. The average Bonchev–Trinajstić information content (AvgIpc) is 3.14. The summed E-state index contributed by atoms with van der Waals surface area (Å²) in [7, 11) is -6.29. The second-order valence-electron chi connectivity index (χ2n) is 11.1. The quantitative estimate of drug-likeness (QED) is 0.165. The molecule has 0 aliphatic rings. The Bertz CT molecular complexity index is 1600. The van der Waals surface area contributed by atoms with Gasteiger partial charge in [-0.05, 0) is 43.3 Å². The van der Waals surface area contributed by atoms with Gasteiger partial charge in [0.1, 0.15) is 5.82 Å². The second kappa shape index (κ2) is 12.7.